The molecule has 0 saturated carbocycles. The highest BCUT2D eigenvalue weighted by Crippen LogP contribution is 2.28. The Morgan fingerprint density at radius 1 is 0.842 bits per heavy atom. The van der Waals surface area contributed by atoms with Gasteiger partial charge in [-0.1, -0.05) is 24.3 Å². The van der Waals surface area contributed by atoms with Gasteiger partial charge in [-0.2, -0.15) is 0 Å². The molecule has 0 saturated heterocycles. The van der Waals surface area contributed by atoms with Crippen molar-refractivity contribution in [3.63, 3.8) is 0 Å². The molecule has 0 bridgehead atoms. The third-order valence-electron chi connectivity index (χ3n) is 3.36. The molecule has 2 aromatic carbocycles. The highest BCUT2D eigenvalue weighted by molar-refractivity contribution is 5.45. The summed E-state index contributed by atoms with van der Waals surface area (Å²) in [5, 5.41) is 3.21. The minimum Gasteiger partial charge on any atom is -0.399 e. The van der Waals surface area contributed by atoms with E-state index in [1.165, 1.54) is 11.1 Å². The molecule has 0 fully saturated rings. The lowest BCUT2D eigenvalue weighted by Crippen LogP contribution is -2.13. The van der Waals surface area contributed by atoms with Crippen LogP contribution in [-0.4, -0.2) is 13.6 Å². The summed E-state index contributed by atoms with van der Waals surface area (Å²) < 4.78 is 0. The first-order valence-corrected chi connectivity index (χ1v) is 6.56. The predicted octanol–water partition coefficient (Wildman–Crippen LogP) is 2.59. The second-order valence-corrected chi connectivity index (χ2v) is 4.78. The first-order valence-electron chi connectivity index (χ1n) is 6.56. The van der Waals surface area contributed by atoms with Crippen molar-refractivity contribution in [3.8, 4) is 0 Å². The quantitative estimate of drug-likeness (QED) is 0.720. The van der Waals surface area contributed by atoms with E-state index in [-0.39, 0.29) is 0 Å². The predicted molar refractivity (Wildman–Crippen MR) is 82.1 cm³/mol. The molecule has 3 heteroatoms. The molecule has 2 aromatic rings. The van der Waals surface area contributed by atoms with Crippen LogP contribution in [0.5, 0.6) is 0 Å². The number of nitrogen functional groups attached to an aromatic ring is 2. The standard InChI is InChI=1S/C16H21N3/c1-19-11-10-16(12-2-6-14(17)7-3-12)13-4-8-15(18)9-5-13/h2-9,16,19H,10-11,17-18H2,1H3. The molecule has 19 heavy (non-hydrogen) atoms. The average Bonchev–Trinajstić information content (AvgIpc) is 2.43. The summed E-state index contributed by atoms with van der Waals surface area (Å²) in [4.78, 5) is 0. The molecule has 0 aliphatic rings. The van der Waals surface area contributed by atoms with Gasteiger partial charge in [0.25, 0.3) is 0 Å². The van der Waals surface area contributed by atoms with Gasteiger partial charge in [0.1, 0.15) is 0 Å². The third kappa shape index (κ3) is 3.48. The second kappa shape index (κ2) is 6.25. The highest BCUT2D eigenvalue weighted by atomic mass is 14.8. The third-order valence-corrected chi connectivity index (χ3v) is 3.36. The van der Waals surface area contributed by atoms with Crippen LogP contribution in [0.4, 0.5) is 11.4 Å². The second-order valence-electron chi connectivity index (χ2n) is 4.78. The van der Waals surface area contributed by atoms with E-state index in [0.717, 1.165) is 24.3 Å². The van der Waals surface area contributed by atoms with Gasteiger partial charge in [0.05, 0.1) is 0 Å². The van der Waals surface area contributed by atoms with Gasteiger partial charge in [-0.25, -0.2) is 0 Å². The number of hydrogen-bond acceptors (Lipinski definition) is 3. The molecule has 0 aliphatic carbocycles. The lowest BCUT2D eigenvalue weighted by molar-refractivity contribution is 0.662. The zero-order valence-corrected chi connectivity index (χ0v) is 11.3. The lowest BCUT2D eigenvalue weighted by Gasteiger charge is -2.18. The molecule has 100 valence electrons. The zero-order chi connectivity index (χ0) is 13.7. The molecule has 0 unspecified atom stereocenters. The van der Waals surface area contributed by atoms with Crippen molar-refractivity contribution in [2.24, 2.45) is 0 Å². The lowest BCUT2D eigenvalue weighted by atomic mass is 9.88. The van der Waals surface area contributed by atoms with Gasteiger partial charge in [0.15, 0.2) is 0 Å². The van der Waals surface area contributed by atoms with Gasteiger partial charge < -0.3 is 16.8 Å². The summed E-state index contributed by atoms with van der Waals surface area (Å²) in [6.07, 6.45) is 1.05. The molecule has 0 amide bonds. The van der Waals surface area contributed by atoms with Gasteiger partial charge in [-0.15, -0.1) is 0 Å². The van der Waals surface area contributed by atoms with Crippen LogP contribution in [0.1, 0.15) is 23.5 Å². The smallest absolute Gasteiger partial charge is 0.0314 e. The molecule has 0 spiro atoms. The molecule has 5 N–H and O–H groups in total. The fourth-order valence-corrected chi connectivity index (χ4v) is 2.27. The van der Waals surface area contributed by atoms with Crippen LogP contribution in [0.15, 0.2) is 48.5 Å². The highest BCUT2D eigenvalue weighted by Gasteiger charge is 2.13. The van der Waals surface area contributed by atoms with Gasteiger partial charge in [-0.05, 0) is 55.4 Å². The molecule has 0 aliphatic heterocycles. The van der Waals surface area contributed by atoms with Crippen LogP contribution >= 0.6 is 0 Å². The number of hydrogen-bond donors (Lipinski definition) is 3. The Morgan fingerprint density at radius 2 is 1.26 bits per heavy atom. The van der Waals surface area contributed by atoms with Crippen LogP contribution in [0.25, 0.3) is 0 Å². The van der Waals surface area contributed by atoms with Crippen molar-refractivity contribution in [2.75, 3.05) is 25.1 Å². The number of anilines is 2. The summed E-state index contributed by atoms with van der Waals surface area (Å²) in [5.74, 6) is 0.369. The largest absolute Gasteiger partial charge is 0.399 e. The Balaban J connectivity index is 2.29. The van der Waals surface area contributed by atoms with E-state index >= 15 is 0 Å². The van der Waals surface area contributed by atoms with E-state index in [0.29, 0.717) is 5.92 Å². The van der Waals surface area contributed by atoms with Gasteiger partial charge in [0, 0.05) is 17.3 Å². The van der Waals surface area contributed by atoms with Crippen LogP contribution < -0.4 is 16.8 Å². The van der Waals surface area contributed by atoms with Crippen molar-refractivity contribution < 1.29 is 0 Å². The van der Waals surface area contributed by atoms with Gasteiger partial charge in [-0.3, -0.25) is 0 Å². The maximum Gasteiger partial charge on any atom is 0.0314 e. The SMILES string of the molecule is CNCCC(c1ccc(N)cc1)c1ccc(N)cc1. The molecular weight excluding hydrogens is 234 g/mol. The van der Waals surface area contributed by atoms with E-state index in [1.807, 2.05) is 31.3 Å². The van der Waals surface area contributed by atoms with Crippen molar-refractivity contribution in [1.29, 1.82) is 0 Å². The van der Waals surface area contributed by atoms with Gasteiger partial charge in [0.2, 0.25) is 0 Å². The Bertz CT molecular complexity index is 457. The minimum absolute atomic E-state index is 0.369. The van der Waals surface area contributed by atoms with E-state index in [2.05, 4.69) is 29.6 Å². The van der Waals surface area contributed by atoms with Crippen molar-refractivity contribution in [1.82, 2.24) is 5.32 Å². The van der Waals surface area contributed by atoms with Crippen LogP contribution in [0, 0.1) is 0 Å². The zero-order valence-electron chi connectivity index (χ0n) is 11.3. The Kier molecular flexibility index (Phi) is 4.42. The molecule has 2 rings (SSSR count). The summed E-state index contributed by atoms with van der Waals surface area (Å²) in [6, 6.07) is 16.2. The molecule has 3 nitrogen and oxygen atoms in total. The van der Waals surface area contributed by atoms with E-state index < -0.39 is 0 Å². The Hall–Kier alpha value is -2.00. The maximum absolute atomic E-state index is 5.76. The topological polar surface area (TPSA) is 64.1 Å². The summed E-state index contributed by atoms with van der Waals surface area (Å²) in [7, 11) is 1.98. The van der Waals surface area contributed by atoms with Gasteiger partial charge >= 0.3 is 0 Å². The van der Waals surface area contributed by atoms with Crippen molar-refractivity contribution >= 4 is 11.4 Å². The normalized spacial score (nSPS) is 10.8. The molecule has 0 aromatic heterocycles. The molecular formula is C16H21N3. The molecule has 0 heterocycles. The van der Waals surface area contributed by atoms with Crippen molar-refractivity contribution in [2.45, 2.75) is 12.3 Å². The van der Waals surface area contributed by atoms with Crippen molar-refractivity contribution in [3.05, 3.63) is 59.7 Å². The maximum atomic E-state index is 5.76. The molecule has 0 atom stereocenters. The fraction of sp³-hybridized carbons (Fsp3) is 0.250. The monoisotopic (exact) mass is 255 g/mol. The van der Waals surface area contributed by atoms with E-state index in [1.54, 1.807) is 0 Å². The first-order chi connectivity index (χ1) is 9.20. The summed E-state index contributed by atoms with van der Waals surface area (Å²) >= 11 is 0. The minimum atomic E-state index is 0.369. The fourth-order valence-electron chi connectivity index (χ4n) is 2.27. The molecule has 0 radical (unpaired) electrons. The van der Waals surface area contributed by atoms with Crippen LogP contribution in [0.2, 0.25) is 0 Å². The average molecular weight is 255 g/mol. The van der Waals surface area contributed by atoms with E-state index in [9.17, 15) is 0 Å². The number of nitrogens with two attached hydrogens (primary N) is 2. The summed E-state index contributed by atoms with van der Waals surface area (Å²) in [5.41, 5.74) is 15.7. The van der Waals surface area contributed by atoms with Crippen LogP contribution in [0.3, 0.4) is 0 Å². The number of benzene rings is 2. The first kappa shape index (κ1) is 13.4. The Labute approximate surface area is 114 Å². The Morgan fingerprint density at radius 3 is 1.63 bits per heavy atom. The van der Waals surface area contributed by atoms with E-state index in [4.69, 9.17) is 11.5 Å². The summed E-state index contributed by atoms with van der Waals surface area (Å²) in [6.45, 7) is 0.972. The number of nitrogens with one attached hydrogen (secondary N) is 1. The number of rotatable bonds is 5. The van der Waals surface area contributed by atoms with Crippen LogP contribution in [-0.2, 0) is 0 Å².